The Morgan fingerprint density at radius 3 is 2.72 bits per heavy atom. The molecule has 0 aliphatic rings. The van der Waals surface area contributed by atoms with E-state index in [2.05, 4.69) is 15.0 Å². The minimum Gasteiger partial charge on any atom is -0.371 e. The molecular weight excluding hydrogens is 341 g/mol. The number of primary amides is 1. The number of nitrogens with zero attached hydrogens (tertiary/aromatic N) is 2. The summed E-state index contributed by atoms with van der Waals surface area (Å²) in [6.07, 6.45) is 0.478. The molecule has 0 fully saturated rings. The van der Waals surface area contributed by atoms with E-state index in [1.165, 1.54) is 23.7 Å². The third-order valence-corrected chi connectivity index (χ3v) is 4.31. The van der Waals surface area contributed by atoms with Gasteiger partial charge >= 0.3 is 0 Å². The molecule has 0 saturated heterocycles. The third kappa shape index (κ3) is 4.67. The number of aromatic nitrogens is 1. The summed E-state index contributed by atoms with van der Waals surface area (Å²) in [6, 6.07) is 5.96. The summed E-state index contributed by atoms with van der Waals surface area (Å²) in [5.41, 5.74) is 6.53. The molecule has 0 unspecified atom stereocenters. The number of carbonyl (C=O) groups is 1. The Balaban J connectivity index is 2.35. The van der Waals surface area contributed by atoms with E-state index in [4.69, 9.17) is 5.73 Å². The molecule has 4 N–H and O–H groups in total. The van der Waals surface area contributed by atoms with Gasteiger partial charge in [0.05, 0.1) is 22.6 Å². The number of anilines is 3. The molecule has 0 aliphatic heterocycles. The largest absolute Gasteiger partial charge is 0.371 e. The summed E-state index contributed by atoms with van der Waals surface area (Å²) in [4.78, 5) is 11.6. The standard InChI is InChI=1S/C17H20FN5OS/c1-9(2)6-13(17(20)24)21-12-5-4-11(8-19)16(15(12)18)22-14-7-10(3)23-25-14/h4-5,7,9,13,21-22H,6H2,1-3H3,(H2,20,24)/t13-/m1/s1. The van der Waals surface area contributed by atoms with E-state index in [1.54, 1.807) is 6.07 Å². The van der Waals surface area contributed by atoms with Crippen molar-refractivity contribution in [1.29, 1.82) is 5.26 Å². The first kappa shape index (κ1) is 18.7. The Bertz CT molecular complexity index is 812. The van der Waals surface area contributed by atoms with Gasteiger partial charge in [-0.05, 0) is 49.0 Å². The summed E-state index contributed by atoms with van der Waals surface area (Å²) in [5, 5.41) is 15.6. The third-order valence-electron chi connectivity index (χ3n) is 3.52. The molecule has 1 amide bonds. The number of rotatable bonds is 7. The average Bonchev–Trinajstić information content (AvgIpc) is 2.95. The second-order valence-electron chi connectivity index (χ2n) is 6.15. The molecule has 1 aromatic heterocycles. The smallest absolute Gasteiger partial charge is 0.239 e. The predicted octanol–water partition coefficient (Wildman–Crippen LogP) is 3.52. The normalized spacial score (nSPS) is 11.8. The zero-order valence-corrected chi connectivity index (χ0v) is 15.1. The van der Waals surface area contributed by atoms with Crippen molar-refractivity contribution in [3.05, 3.63) is 35.3 Å². The van der Waals surface area contributed by atoms with E-state index < -0.39 is 17.8 Å². The molecule has 1 aromatic carbocycles. The summed E-state index contributed by atoms with van der Waals surface area (Å²) in [7, 11) is 0. The van der Waals surface area contributed by atoms with Crippen LogP contribution in [0.25, 0.3) is 0 Å². The van der Waals surface area contributed by atoms with Crippen LogP contribution >= 0.6 is 11.5 Å². The maximum absolute atomic E-state index is 14.9. The van der Waals surface area contributed by atoms with Crippen molar-refractivity contribution >= 4 is 33.8 Å². The van der Waals surface area contributed by atoms with Gasteiger partial charge in [-0.2, -0.15) is 9.64 Å². The van der Waals surface area contributed by atoms with Crippen molar-refractivity contribution in [2.24, 2.45) is 11.7 Å². The lowest BCUT2D eigenvalue weighted by Gasteiger charge is -2.20. The molecule has 0 saturated carbocycles. The molecule has 0 radical (unpaired) electrons. The zero-order chi connectivity index (χ0) is 18.6. The second-order valence-corrected chi connectivity index (χ2v) is 6.95. The van der Waals surface area contributed by atoms with Gasteiger partial charge in [0.25, 0.3) is 0 Å². The fraction of sp³-hybridized carbons (Fsp3) is 0.353. The van der Waals surface area contributed by atoms with E-state index >= 15 is 0 Å². The lowest BCUT2D eigenvalue weighted by Crippen LogP contribution is -2.36. The highest BCUT2D eigenvalue weighted by atomic mass is 32.1. The highest BCUT2D eigenvalue weighted by molar-refractivity contribution is 7.10. The number of benzene rings is 1. The van der Waals surface area contributed by atoms with E-state index in [0.717, 1.165) is 5.69 Å². The molecular formula is C17H20FN5OS. The fourth-order valence-corrected chi connectivity index (χ4v) is 3.02. The zero-order valence-electron chi connectivity index (χ0n) is 14.3. The Labute approximate surface area is 150 Å². The van der Waals surface area contributed by atoms with Crippen LogP contribution in [0.2, 0.25) is 0 Å². The van der Waals surface area contributed by atoms with Crippen LogP contribution in [0.1, 0.15) is 31.5 Å². The van der Waals surface area contributed by atoms with Gasteiger partial charge in [0.2, 0.25) is 5.91 Å². The number of hydrogen-bond acceptors (Lipinski definition) is 6. The van der Waals surface area contributed by atoms with Crippen LogP contribution in [0.15, 0.2) is 18.2 Å². The number of aryl methyl sites for hydroxylation is 1. The monoisotopic (exact) mass is 361 g/mol. The average molecular weight is 361 g/mol. The molecule has 0 aliphatic carbocycles. The van der Waals surface area contributed by atoms with Gasteiger partial charge in [-0.15, -0.1) is 0 Å². The maximum Gasteiger partial charge on any atom is 0.239 e. The van der Waals surface area contributed by atoms with Crippen molar-refractivity contribution in [1.82, 2.24) is 4.37 Å². The van der Waals surface area contributed by atoms with Crippen LogP contribution in [0.5, 0.6) is 0 Å². The Morgan fingerprint density at radius 2 is 2.20 bits per heavy atom. The Kier molecular flexibility index (Phi) is 5.93. The van der Waals surface area contributed by atoms with Crippen molar-refractivity contribution in [3.8, 4) is 6.07 Å². The number of nitrogens with one attached hydrogen (secondary N) is 2. The van der Waals surface area contributed by atoms with Crippen LogP contribution in [-0.4, -0.2) is 16.3 Å². The summed E-state index contributed by atoms with van der Waals surface area (Å²) in [5.74, 6) is -0.977. The van der Waals surface area contributed by atoms with E-state index in [-0.39, 0.29) is 22.9 Å². The molecule has 2 aromatic rings. The Morgan fingerprint density at radius 1 is 1.48 bits per heavy atom. The summed E-state index contributed by atoms with van der Waals surface area (Å²) >= 11 is 1.17. The van der Waals surface area contributed by atoms with Gasteiger partial charge in [0, 0.05) is 0 Å². The van der Waals surface area contributed by atoms with Gasteiger partial charge in [0.15, 0.2) is 5.82 Å². The summed E-state index contributed by atoms with van der Waals surface area (Å²) in [6.45, 7) is 5.72. The number of hydrogen-bond donors (Lipinski definition) is 3. The lowest BCUT2D eigenvalue weighted by molar-refractivity contribution is -0.119. The minimum absolute atomic E-state index is 0.0453. The first-order valence-corrected chi connectivity index (χ1v) is 8.58. The second kappa shape index (κ2) is 7.94. The van der Waals surface area contributed by atoms with Crippen molar-refractivity contribution in [2.75, 3.05) is 10.6 Å². The van der Waals surface area contributed by atoms with Crippen LogP contribution in [-0.2, 0) is 4.79 Å². The molecule has 2 rings (SSSR count). The molecule has 8 heteroatoms. The molecule has 25 heavy (non-hydrogen) atoms. The van der Waals surface area contributed by atoms with Gasteiger partial charge in [-0.3, -0.25) is 4.79 Å². The van der Waals surface area contributed by atoms with Gasteiger partial charge in [-0.1, -0.05) is 13.8 Å². The highest BCUT2D eigenvalue weighted by Gasteiger charge is 2.21. The molecule has 0 spiro atoms. The van der Waals surface area contributed by atoms with Gasteiger partial charge in [-0.25, -0.2) is 4.39 Å². The van der Waals surface area contributed by atoms with Crippen LogP contribution in [0.4, 0.5) is 20.8 Å². The van der Waals surface area contributed by atoms with E-state index in [9.17, 15) is 14.4 Å². The van der Waals surface area contributed by atoms with Crippen molar-refractivity contribution in [2.45, 2.75) is 33.2 Å². The molecule has 132 valence electrons. The SMILES string of the molecule is Cc1cc(Nc2c(C#N)ccc(N[C@H](CC(C)C)C(N)=O)c2F)sn1. The maximum atomic E-state index is 14.9. The molecule has 0 bridgehead atoms. The van der Waals surface area contributed by atoms with Crippen molar-refractivity contribution < 1.29 is 9.18 Å². The van der Waals surface area contributed by atoms with Crippen LogP contribution in [0, 0.1) is 30.0 Å². The fourth-order valence-electron chi connectivity index (χ4n) is 2.35. The summed E-state index contributed by atoms with van der Waals surface area (Å²) < 4.78 is 19.1. The quantitative estimate of drug-likeness (QED) is 0.700. The number of carbonyl (C=O) groups excluding carboxylic acids is 1. The number of nitriles is 1. The number of nitrogens with two attached hydrogens (primary N) is 1. The number of amides is 1. The first-order valence-electron chi connectivity index (χ1n) is 7.80. The van der Waals surface area contributed by atoms with E-state index in [0.29, 0.717) is 11.4 Å². The van der Waals surface area contributed by atoms with Crippen LogP contribution < -0.4 is 16.4 Å². The first-order chi connectivity index (χ1) is 11.8. The lowest BCUT2D eigenvalue weighted by atomic mass is 10.0. The van der Waals surface area contributed by atoms with E-state index in [1.807, 2.05) is 26.8 Å². The van der Waals surface area contributed by atoms with Gasteiger partial charge in [0.1, 0.15) is 17.1 Å². The predicted molar refractivity (Wildman–Crippen MR) is 97.3 cm³/mol. The van der Waals surface area contributed by atoms with Gasteiger partial charge < -0.3 is 16.4 Å². The number of halogens is 1. The minimum atomic E-state index is -0.694. The Hall–Kier alpha value is -2.66. The molecule has 1 atom stereocenters. The van der Waals surface area contributed by atoms with Crippen LogP contribution in [0.3, 0.4) is 0 Å². The highest BCUT2D eigenvalue weighted by Crippen LogP contribution is 2.31. The van der Waals surface area contributed by atoms with Crippen molar-refractivity contribution in [3.63, 3.8) is 0 Å². The topological polar surface area (TPSA) is 104 Å². The molecule has 6 nitrogen and oxygen atoms in total. The molecule has 1 heterocycles.